The Bertz CT molecular complexity index is 436. The minimum atomic E-state index is 0.236. The van der Waals surface area contributed by atoms with Crippen molar-refractivity contribution in [2.75, 3.05) is 13.1 Å². The number of likely N-dealkylation sites (tertiary alicyclic amines) is 1. The van der Waals surface area contributed by atoms with Gasteiger partial charge in [0.1, 0.15) is 0 Å². The van der Waals surface area contributed by atoms with Gasteiger partial charge in [-0.05, 0) is 24.7 Å². The molecule has 0 amide bonds. The summed E-state index contributed by atoms with van der Waals surface area (Å²) in [6.07, 6.45) is 7.29. The highest BCUT2D eigenvalue weighted by molar-refractivity contribution is 7.11. The molecule has 19 heavy (non-hydrogen) atoms. The van der Waals surface area contributed by atoms with E-state index in [9.17, 15) is 0 Å². The van der Waals surface area contributed by atoms with Crippen LogP contribution >= 0.6 is 11.3 Å². The van der Waals surface area contributed by atoms with E-state index in [1.54, 1.807) is 0 Å². The lowest BCUT2D eigenvalue weighted by Crippen LogP contribution is -2.51. The molecule has 1 aromatic heterocycles. The molecule has 3 nitrogen and oxygen atoms in total. The van der Waals surface area contributed by atoms with Crippen molar-refractivity contribution in [1.29, 1.82) is 0 Å². The predicted molar refractivity (Wildman–Crippen MR) is 80.4 cm³/mol. The Balaban J connectivity index is 1.60. The fourth-order valence-corrected chi connectivity index (χ4v) is 4.21. The van der Waals surface area contributed by atoms with Crippen LogP contribution < -0.4 is 5.73 Å². The molecule has 2 heterocycles. The minimum absolute atomic E-state index is 0.236. The number of nitrogens with two attached hydrogens (primary N) is 1. The van der Waals surface area contributed by atoms with Gasteiger partial charge in [0.15, 0.2) is 0 Å². The SMILES string of the molecule is CC1(C)CN(Cc2cnc(C3CCC3)s2)CCC1N. The minimum Gasteiger partial charge on any atom is -0.327 e. The molecular weight excluding hydrogens is 254 g/mol. The molecule has 1 aliphatic heterocycles. The first-order valence-corrected chi connectivity index (χ1v) is 8.29. The standard InChI is InChI=1S/C15H25N3S/c1-15(2)10-18(7-6-13(15)16)9-12-8-17-14(19-12)11-4-3-5-11/h8,11,13H,3-7,9-10,16H2,1-2H3. The molecule has 1 atom stereocenters. The quantitative estimate of drug-likeness (QED) is 0.925. The second-order valence-electron chi connectivity index (χ2n) is 6.89. The summed E-state index contributed by atoms with van der Waals surface area (Å²) < 4.78 is 0. The van der Waals surface area contributed by atoms with E-state index in [4.69, 9.17) is 5.73 Å². The van der Waals surface area contributed by atoms with Crippen molar-refractivity contribution in [2.24, 2.45) is 11.1 Å². The number of hydrogen-bond acceptors (Lipinski definition) is 4. The summed E-state index contributed by atoms with van der Waals surface area (Å²) in [5.41, 5.74) is 6.44. The van der Waals surface area contributed by atoms with Gasteiger partial charge in [-0.2, -0.15) is 0 Å². The number of nitrogens with zero attached hydrogens (tertiary/aromatic N) is 2. The zero-order chi connectivity index (χ0) is 13.5. The summed E-state index contributed by atoms with van der Waals surface area (Å²) in [4.78, 5) is 8.59. The van der Waals surface area contributed by atoms with E-state index in [0.29, 0.717) is 6.04 Å². The molecule has 4 heteroatoms. The van der Waals surface area contributed by atoms with Crippen molar-refractivity contribution in [2.45, 2.75) is 58.0 Å². The normalized spacial score (nSPS) is 28.3. The number of thiazole rings is 1. The molecule has 1 unspecified atom stereocenters. The summed E-state index contributed by atoms with van der Waals surface area (Å²) in [6.45, 7) is 7.86. The van der Waals surface area contributed by atoms with Crippen LogP contribution in [0, 0.1) is 5.41 Å². The molecule has 3 rings (SSSR count). The fourth-order valence-electron chi connectivity index (χ4n) is 3.08. The van der Waals surface area contributed by atoms with Crippen LogP contribution in [0.4, 0.5) is 0 Å². The Morgan fingerprint density at radius 3 is 2.84 bits per heavy atom. The monoisotopic (exact) mass is 279 g/mol. The van der Waals surface area contributed by atoms with E-state index in [2.05, 4.69) is 29.9 Å². The fraction of sp³-hybridized carbons (Fsp3) is 0.800. The van der Waals surface area contributed by atoms with Gasteiger partial charge in [-0.3, -0.25) is 4.90 Å². The first-order valence-electron chi connectivity index (χ1n) is 7.47. The zero-order valence-electron chi connectivity index (χ0n) is 12.1. The summed E-state index contributed by atoms with van der Waals surface area (Å²) in [5.74, 6) is 0.768. The van der Waals surface area contributed by atoms with E-state index < -0.39 is 0 Å². The zero-order valence-corrected chi connectivity index (χ0v) is 12.9. The van der Waals surface area contributed by atoms with E-state index >= 15 is 0 Å². The van der Waals surface area contributed by atoms with Gasteiger partial charge in [0.25, 0.3) is 0 Å². The highest BCUT2D eigenvalue weighted by atomic mass is 32.1. The van der Waals surface area contributed by atoms with Crippen LogP contribution in [-0.2, 0) is 6.54 Å². The molecule has 0 bridgehead atoms. The smallest absolute Gasteiger partial charge is 0.0959 e. The van der Waals surface area contributed by atoms with Crippen molar-refractivity contribution >= 4 is 11.3 Å². The van der Waals surface area contributed by atoms with Crippen LogP contribution in [0.3, 0.4) is 0 Å². The van der Waals surface area contributed by atoms with Crippen LogP contribution in [0.25, 0.3) is 0 Å². The Labute approximate surface area is 120 Å². The average molecular weight is 279 g/mol. The average Bonchev–Trinajstić information content (AvgIpc) is 2.69. The molecule has 1 saturated carbocycles. The van der Waals surface area contributed by atoms with Gasteiger partial charge in [0.2, 0.25) is 0 Å². The van der Waals surface area contributed by atoms with Gasteiger partial charge in [-0.15, -0.1) is 11.3 Å². The molecule has 0 aromatic carbocycles. The number of hydrogen-bond donors (Lipinski definition) is 1. The maximum absolute atomic E-state index is 6.20. The maximum atomic E-state index is 6.20. The number of rotatable bonds is 3. The molecule has 2 fully saturated rings. The van der Waals surface area contributed by atoms with Crippen molar-refractivity contribution in [3.63, 3.8) is 0 Å². The summed E-state index contributed by atoms with van der Waals surface area (Å²) in [5, 5.41) is 1.37. The van der Waals surface area contributed by atoms with Crippen molar-refractivity contribution in [3.05, 3.63) is 16.1 Å². The number of piperidine rings is 1. The van der Waals surface area contributed by atoms with Gasteiger partial charge >= 0.3 is 0 Å². The Hall–Kier alpha value is -0.450. The maximum Gasteiger partial charge on any atom is 0.0959 e. The van der Waals surface area contributed by atoms with E-state index in [0.717, 1.165) is 32.0 Å². The molecule has 2 N–H and O–H groups in total. The molecule has 0 radical (unpaired) electrons. The van der Waals surface area contributed by atoms with E-state index in [-0.39, 0.29) is 5.41 Å². The van der Waals surface area contributed by atoms with Gasteiger partial charge in [0, 0.05) is 42.7 Å². The first kappa shape index (κ1) is 13.5. The largest absolute Gasteiger partial charge is 0.327 e. The molecule has 0 spiro atoms. The highest BCUT2D eigenvalue weighted by Gasteiger charge is 2.33. The van der Waals surface area contributed by atoms with Gasteiger partial charge < -0.3 is 5.73 Å². The van der Waals surface area contributed by atoms with Gasteiger partial charge in [0.05, 0.1) is 5.01 Å². The van der Waals surface area contributed by atoms with E-state index in [1.165, 1.54) is 29.1 Å². The van der Waals surface area contributed by atoms with Gasteiger partial charge in [-0.1, -0.05) is 20.3 Å². The van der Waals surface area contributed by atoms with Crippen LogP contribution in [0.1, 0.15) is 55.3 Å². The lowest BCUT2D eigenvalue weighted by Gasteiger charge is -2.42. The summed E-state index contributed by atoms with van der Waals surface area (Å²) >= 11 is 1.93. The third-order valence-electron chi connectivity index (χ3n) is 4.80. The topological polar surface area (TPSA) is 42.2 Å². The second-order valence-corrected chi connectivity index (χ2v) is 8.03. The molecule has 2 aliphatic rings. The van der Waals surface area contributed by atoms with Crippen molar-refractivity contribution < 1.29 is 0 Å². The van der Waals surface area contributed by atoms with Crippen molar-refractivity contribution in [3.8, 4) is 0 Å². The third kappa shape index (κ3) is 2.86. The Kier molecular flexibility index (Phi) is 3.67. The lowest BCUT2D eigenvalue weighted by molar-refractivity contribution is 0.0906. The van der Waals surface area contributed by atoms with Crippen molar-refractivity contribution in [1.82, 2.24) is 9.88 Å². The summed E-state index contributed by atoms with van der Waals surface area (Å²) in [7, 11) is 0. The predicted octanol–water partition coefficient (Wildman–Crippen LogP) is 2.97. The molecular formula is C15H25N3S. The molecule has 1 aliphatic carbocycles. The first-order chi connectivity index (χ1) is 9.04. The Morgan fingerprint density at radius 2 is 2.21 bits per heavy atom. The molecule has 1 saturated heterocycles. The lowest BCUT2D eigenvalue weighted by atomic mass is 9.80. The highest BCUT2D eigenvalue weighted by Crippen LogP contribution is 2.38. The number of aromatic nitrogens is 1. The van der Waals surface area contributed by atoms with Crippen LogP contribution in [0.5, 0.6) is 0 Å². The van der Waals surface area contributed by atoms with Crippen LogP contribution in [0.15, 0.2) is 6.20 Å². The van der Waals surface area contributed by atoms with E-state index in [1.807, 2.05) is 11.3 Å². The van der Waals surface area contributed by atoms with Crippen LogP contribution in [-0.4, -0.2) is 29.0 Å². The molecule has 106 valence electrons. The summed E-state index contributed by atoms with van der Waals surface area (Å²) in [6, 6.07) is 0.343. The third-order valence-corrected chi connectivity index (χ3v) is 5.94. The Morgan fingerprint density at radius 1 is 1.42 bits per heavy atom. The molecule has 1 aromatic rings. The van der Waals surface area contributed by atoms with Crippen LogP contribution in [0.2, 0.25) is 0 Å². The second kappa shape index (κ2) is 5.15. The van der Waals surface area contributed by atoms with Gasteiger partial charge in [-0.25, -0.2) is 4.98 Å².